The third-order valence-electron chi connectivity index (χ3n) is 5.36. The maximum atomic E-state index is 14.8. The molecule has 8 nitrogen and oxygen atoms in total. The van der Waals surface area contributed by atoms with Crippen LogP contribution in [0.1, 0.15) is 29.4 Å². The summed E-state index contributed by atoms with van der Waals surface area (Å²) >= 11 is 0. The van der Waals surface area contributed by atoms with E-state index in [0.29, 0.717) is 30.3 Å². The molecule has 0 aliphatic carbocycles. The standard InChI is InChI=1S/C25H23F3N6O2/c1-25(27,28)20-9-19(13-31-24(20)36-3)33-23(35)8-17-5-4-16(7-21(17)26)18-11-29-22(30-12-18)6-15-10-32-34(2)14-15/h4-5,7,9-14H,6,8H2,1-3H3,(H,33,35). The molecule has 0 saturated heterocycles. The molecule has 1 aromatic carbocycles. The fourth-order valence-electron chi connectivity index (χ4n) is 3.59. The molecule has 0 atom stereocenters. The summed E-state index contributed by atoms with van der Waals surface area (Å²) in [6.45, 7) is 0.703. The number of anilines is 1. The lowest BCUT2D eigenvalue weighted by atomic mass is 10.0. The number of pyridine rings is 1. The first-order valence-electron chi connectivity index (χ1n) is 10.9. The molecule has 0 aliphatic heterocycles. The first-order valence-corrected chi connectivity index (χ1v) is 10.9. The fraction of sp³-hybridized carbons (Fsp3) is 0.240. The summed E-state index contributed by atoms with van der Waals surface area (Å²) in [6.07, 6.45) is 8.27. The van der Waals surface area contributed by atoms with Crippen molar-refractivity contribution < 1.29 is 22.7 Å². The molecule has 0 radical (unpaired) electrons. The number of hydrogen-bond acceptors (Lipinski definition) is 6. The van der Waals surface area contributed by atoms with E-state index in [0.717, 1.165) is 11.6 Å². The zero-order valence-electron chi connectivity index (χ0n) is 19.8. The van der Waals surface area contributed by atoms with E-state index in [1.54, 1.807) is 29.3 Å². The van der Waals surface area contributed by atoms with Crippen LogP contribution in [0, 0.1) is 5.82 Å². The van der Waals surface area contributed by atoms with Gasteiger partial charge in [0.2, 0.25) is 11.8 Å². The second kappa shape index (κ2) is 10.1. The summed E-state index contributed by atoms with van der Waals surface area (Å²) < 4.78 is 49.0. The van der Waals surface area contributed by atoms with E-state index in [9.17, 15) is 18.0 Å². The third-order valence-corrected chi connectivity index (χ3v) is 5.36. The number of benzene rings is 1. The number of halogens is 3. The van der Waals surface area contributed by atoms with E-state index in [2.05, 4.69) is 25.4 Å². The number of methoxy groups -OCH3 is 1. The van der Waals surface area contributed by atoms with Crippen molar-refractivity contribution in [1.29, 1.82) is 0 Å². The van der Waals surface area contributed by atoms with Crippen LogP contribution in [0.3, 0.4) is 0 Å². The highest BCUT2D eigenvalue weighted by Crippen LogP contribution is 2.34. The molecule has 186 valence electrons. The normalized spacial score (nSPS) is 11.4. The van der Waals surface area contributed by atoms with Crippen LogP contribution in [0.4, 0.5) is 18.9 Å². The molecule has 1 amide bonds. The number of carbonyl (C=O) groups is 1. The second-order valence-corrected chi connectivity index (χ2v) is 8.29. The van der Waals surface area contributed by atoms with Gasteiger partial charge in [0.05, 0.1) is 37.2 Å². The van der Waals surface area contributed by atoms with E-state index in [1.165, 1.54) is 25.4 Å². The Morgan fingerprint density at radius 1 is 1.08 bits per heavy atom. The van der Waals surface area contributed by atoms with Gasteiger partial charge in [-0.15, -0.1) is 0 Å². The Kier molecular flexibility index (Phi) is 7.00. The van der Waals surface area contributed by atoms with Gasteiger partial charge in [0.1, 0.15) is 11.6 Å². The van der Waals surface area contributed by atoms with Crippen LogP contribution in [0.5, 0.6) is 5.88 Å². The second-order valence-electron chi connectivity index (χ2n) is 8.29. The molecule has 0 spiro atoms. The molecule has 0 saturated carbocycles. The Balaban J connectivity index is 1.43. The first-order chi connectivity index (χ1) is 17.1. The van der Waals surface area contributed by atoms with Crippen molar-refractivity contribution in [3.63, 3.8) is 0 Å². The molecule has 0 bridgehead atoms. The van der Waals surface area contributed by atoms with Crippen molar-refractivity contribution in [3.8, 4) is 17.0 Å². The smallest absolute Gasteiger partial charge is 0.275 e. The molecule has 0 unspecified atom stereocenters. The van der Waals surface area contributed by atoms with Crippen molar-refractivity contribution in [2.24, 2.45) is 7.05 Å². The highest BCUT2D eigenvalue weighted by molar-refractivity contribution is 5.92. The summed E-state index contributed by atoms with van der Waals surface area (Å²) in [5.41, 5.74) is 1.89. The number of amides is 1. The van der Waals surface area contributed by atoms with Crippen LogP contribution < -0.4 is 10.1 Å². The summed E-state index contributed by atoms with van der Waals surface area (Å²) in [5.74, 6) is -4.02. The minimum atomic E-state index is -3.22. The molecule has 3 aromatic heterocycles. The van der Waals surface area contributed by atoms with Crippen LogP contribution in [0.2, 0.25) is 0 Å². The van der Waals surface area contributed by atoms with Crippen molar-refractivity contribution in [3.05, 3.63) is 83.6 Å². The molecule has 4 aromatic rings. The maximum Gasteiger partial charge on any atom is 0.275 e. The van der Waals surface area contributed by atoms with E-state index in [1.807, 2.05) is 13.2 Å². The molecule has 1 N–H and O–H groups in total. The molecule has 36 heavy (non-hydrogen) atoms. The number of nitrogens with zero attached hydrogens (tertiary/aromatic N) is 5. The van der Waals surface area contributed by atoms with Crippen LogP contribution in [-0.2, 0) is 30.6 Å². The predicted octanol–water partition coefficient (Wildman–Crippen LogP) is 4.30. The van der Waals surface area contributed by atoms with Gasteiger partial charge in [0.25, 0.3) is 5.92 Å². The van der Waals surface area contributed by atoms with E-state index >= 15 is 0 Å². The summed E-state index contributed by atoms with van der Waals surface area (Å²) in [5, 5.41) is 6.59. The highest BCUT2D eigenvalue weighted by atomic mass is 19.3. The lowest BCUT2D eigenvalue weighted by Gasteiger charge is -2.15. The molecule has 11 heteroatoms. The first kappa shape index (κ1) is 24.8. The zero-order chi connectivity index (χ0) is 25.9. The van der Waals surface area contributed by atoms with Crippen LogP contribution >= 0.6 is 0 Å². The molecule has 3 heterocycles. The monoisotopic (exact) mass is 496 g/mol. The molecule has 4 rings (SSSR count). The minimum Gasteiger partial charge on any atom is -0.481 e. The van der Waals surface area contributed by atoms with Gasteiger partial charge in [-0.3, -0.25) is 9.48 Å². The van der Waals surface area contributed by atoms with Crippen molar-refractivity contribution in [1.82, 2.24) is 24.7 Å². The third kappa shape index (κ3) is 5.85. The minimum absolute atomic E-state index is 0.0536. The molecular formula is C25H23F3N6O2. The molecular weight excluding hydrogens is 473 g/mol. The van der Waals surface area contributed by atoms with E-state index in [4.69, 9.17) is 4.74 Å². The Morgan fingerprint density at radius 2 is 1.83 bits per heavy atom. The highest BCUT2D eigenvalue weighted by Gasteiger charge is 2.30. The topological polar surface area (TPSA) is 94.8 Å². The lowest BCUT2D eigenvalue weighted by molar-refractivity contribution is -0.115. The van der Waals surface area contributed by atoms with E-state index < -0.39 is 23.2 Å². The van der Waals surface area contributed by atoms with E-state index in [-0.39, 0.29) is 23.6 Å². The summed E-state index contributed by atoms with van der Waals surface area (Å²) in [4.78, 5) is 24.9. The Morgan fingerprint density at radius 3 is 2.44 bits per heavy atom. The Bertz CT molecular complexity index is 1380. The number of hydrogen-bond donors (Lipinski definition) is 1. The number of aromatic nitrogens is 5. The van der Waals surface area contributed by atoms with Crippen molar-refractivity contribution in [2.45, 2.75) is 25.7 Å². The quantitative estimate of drug-likeness (QED) is 0.391. The lowest BCUT2D eigenvalue weighted by Crippen LogP contribution is -2.17. The average molecular weight is 496 g/mol. The fourth-order valence-corrected chi connectivity index (χ4v) is 3.59. The predicted molar refractivity (Wildman–Crippen MR) is 126 cm³/mol. The van der Waals surface area contributed by atoms with Gasteiger partial charge in [-0.2, -0.15) is 5.10 Å². The number of nitrogens with one attached hydrogen (secondary N) is 1. The number of carbonyl (C=O) groups excluding carboxylic acids is 1. The summed E-state index contributed by atoms with van der Waals surface area (Å²) in [7, 11) is 3.06. The number of alkyl halides is 2. The molecule has 0 fully saturated rings. The van der Waals surface area contributed by atoms with Gasteiger partial charge >= 0.3 is 0 Å². The SMILES string of the molecule is COc1ncc(NC(=O)Cc2ccc(-c3cnc(Cc4cnn(C)c4)nc3)cc2F)cc1C(C)(F)F. The Labute approximate surface area is 205 Å². The Hall–Kier alpha value is -4.28. The number of rotatable bonds is 8. The van der Waals surface area contributed by atoms with Gasteiger partial charge in [-0.05, 0) is 28.8 Å². The van der Waals surface area contributed by atoms with Crippen LogP contribution in [-0.4, -0.2) is 37.7 Å². The zero-order valence-corrected chi connectivity index (χ0v) is 19.8. The van der Waals surface area contributed by atoms with Crippen molar-refractivity contribution in [2.75, 3.05) is 12.4 Å². The van der Waals surface area contributed by atoms with Gasteiger partial charge in [0, 0.05) is 44.5 Å². The maximum absolute atomic E-state index is 14.8. The van der Waals surface area contributed by atoms with Crippen LogP contribution in [0.15, 0.2) is 55.2 Å². The van der Waals surface area contributed by atoms with Crippen molar-refractivity contribution >= 4 is 11.6 Å². The molecule has 0 aliphatic rings. The largest absolute Gasteiger partial charge is 0.481 e. The van der Waals surface area contributed by atoms with Gasteiger partial charge in [-0.25, -0.2) is 28.1 Å². The van der Waals surface area contributed by atoms with Crippen LogP contribution in [0.25, 0.3) is 11.1 Å². The average Bonchev–Trinajstić information content (AvgIpc) is 3.24. The number of aryl methyl sites for hydroxylation is 1. The number of ether oxygens (including phenoxy) is 1. The van der Waals surface area contributed by atoms with Gasteiger partial charge < -0.3 is 10.1 Å². The summed E-state index contributed by atoms with van der Waals surface area (Å²) in [6, 6.07) is 5.54. The van der Waals surface area contributed by atoms with Gasteiger partial charge in [0.15, 0.2) is 0 Å². The van der Waals surface area contributed by atoms with Gasteiger partial charge in [-0.1, -0.05) is 12.1 Å².